The second-order valence-electron chi connectivity index (χ2n) is 8.21. The molecule has 0 bridgehead atoms. The minimum absolute atomic E-state index is 0.143. The smallest absolute Gasteiger partial charge is 0.280 e. The average molecular weight is 417 g/mol. The zero-order valence-electron chi connectivity index (χ0n) is 17.3. The van der Waals surface area contributed by atoms with Gasteiger partial charge < -0.3 is 0 Å². The molecule has 0 atom stereocenters. The summed E-state index contributed by atoms with van der Waals surface area (Å²) >= 11 is 1.64. The van der Waals surface area contributed by atoms with E-state index in [0.717, 1.165) is 51.7 Å². The lowest BCUT2D eigenvalue weighted by atomic mass is 10.1. The number of hydrogen-bond donors (Lipinski definition) is 0. The zero-order chi connectivity index (χ0) is 20.8. The van der Waals surface area contributed by atoms with Crippen molar-refractivity contribution in [2.24, 2.45) is 0 Å². The standard InChI is InChI=1S/C25H24N2O2S/c1-16-11-12-17(2)19(13-16)15-27-24-22(20-9-6-10-21(20)30-24)23(28)26(25(27)29)14-18-7-4-3-5-8-18/h3-5,7-8,11-13H,6,9-10,14-15H2,1-2H3. The van der Waals surface area contributed by atoms with Crippen LogP contribution in [0.5, 0.6) is 0 Å². The summed E-state index contributed by atoms with van der Waals surface area (Å²) in [6.07, 6.45) is 3.02. The van der Waals surface area contributed by atoms with Crippen LogP contribution in [0.15, 0.2) is 58.1 Å². The van der Waals surface area contributed by atoms with Crippen LogP contribution in [0.2, 0.25) is 0 Å². The maximum atomic E-state index is 13.6. The van der Waals surface area contributed by atoms with E-state index in [1.807, 2.05) is 34.9 Å². The van der Waals surface area contributed by atoms with Gasteiger partial charge in [-0.1, -0.05) is 54.1 Å². The largest absolute Gasteiger partial charge is 0.332 e. The SMILES string of the molecule is Cc1ccc(C)c(Cn2c(=O)n(Cc3ccccc3)c(=O)c3c4c(sc32)CCC4)c1. The highest BCUT2D eigenvalue weighted by Gasteiger charge is 2.25. The molecule has 2 aromatic heterocycles. The predicted molar refractivity (Wildman–Crippen MR) is 123 cm³/mol. The van der Waals surface area contributed by atoms with Crippen LogP contribution in [0.25, 0.3) is 10.2 Å². The summed E-state index contributed by atoms with van der Waals surface area (Å²) in [5.74, 6) is 0. The Kier molecular flexibility index (Phi) is 4.70. The summed E-state index contributed by atoms with van der Waals surface area (Å²) in [4.78, 5) is 29.1. The highest BCUT2D eigenvalue weighted by atomic mass is 32.1. The Hall–Kier alpha value is -2.92. The average Bonchev–Trinajstić information content (AvgIpc) is 3.33. The predicted octanol–water partition coefficient (Wildman–Crippen LogP) is 4.43. The number of thiophene rings is 1. The fraction of sp³-hybridized carbons (Fsp3) is 0.280. The lowest BCUT2D eigenvalue weighted by Gasteiger charge is -2.14. The Bertz CT molecular complexity index is 1380. The summed E-state index contributed by atoms with van der Waals surface area (Å²) in [6, 6.07) is 16.1. The minimum Gasteiger partial charge on any atom is -0.280 e. The van der Waals surface area contributed by atoms with Gasteiger partial charge in [0.15, 0.2) is 0 Å². The summed E-state index contributed by atoms with van der Waals surface area (Å²) in [6.45, 7) is 4.92. The number of aromatic nitrogens is 2. The molecule has 0 unspecified atom stereocenters. The van der Waals surface area contributed by atoms with Crippen molar-refractivity contribution >= 4 is 21.6 Å². The van der Waals surface area contributed by atoms with Gasteiger partial charge in [0.25, 0.3) is 5.56 Å². The maximum Gasteiger partial charge on any atom is 0.332 e. The Morgan fingerprint density at radius 3 is 2.53 bits per heavy atom. The van der Waals surface area contributed by atoms with E-state index in [9.17, 15) is 9.59 Å². The van der Waals surface area contributed by atoms with Gasteiger partial charge in [-0.15, -0.1) is 11.3 Å². The van der Waals surface area contributed by atoms with E-state index in [1.165, 1.54) is 15.0 Å². The molecule has 0 saturated heterocycles. The number of fused-ring (bicyclic) bond motifs is 3. The quantitative estimate of drug-likeness (QED) is 0.494. The Labute approximate surface area is 179 Å². The van der Waals surface area contributed by atoms with Crippen molar-refractivity contribution in [1.82, 2.24) is 9.13 Å². The maximum absolute atomic E-state index is 13.6. The van der Waals surface area contributed by atoms with E-state index in [-0.39, 0.29) is 11.2 Å². The second-order valence-corrected chi connectivity index (χ2v) is 9.30. The molecule has 0 spiro atoms. The first kappa shape index (κ1) is 19.1. The molecule has 0 N–H and O–H groups in total. The van der Waals surface area contributed by atoms with Crippen LogP contribution in [0.1, 0.15) is 39.1 Å². The fourth-order valence-electron chi connectivity index (χ4n) is 4.44. The minimum atomic E-state index is -0.225. The monoisotopic (exact) mass is 416 g/mol. The van der Waals surface area contributed by atoms with Crippen LogP contribution in [-0.4, -0.2) is 9.13 Å². The molecule has 0 fully saturated rings. The molecule has 0 saturated carbocycles. The third-order valence-electron chi connectivity index (χ3n) is 6.09. The third-order valence-corrected chi connectivity index (χ3v) is 7.40. The van der Waals surface area contributed by atoms with Crippen LogP contribution >= 0.6 is 11.3 Å². The van der Waals surface area contributed by atoms with Gasteiger partial charge in [0.1, 0.15) is 4.83 Å². The number of benzene rings is 2. The molecule has 152 valence electrons. The normalized spacial score (nSPS) is 13.1. The van der Waals surface area contributed by atoms with E-state index in [2.05, 4.69) is 32.0 Å². The van der Waals surface area contributed by atoms with E-state index in [0.29, 0.717) is 13.1 Å². The molecule has 5 heteroatoms. The molecule has 0 radical (unpaired) electrons. The van der Waals surface area contributed by atoms with Crippen molar-refractivity contribution in [2.75, 3.05) is 0 Å². The molecule has 5 rings (SSSR count). The van der Waals surface area contributed by atoms with Gasteiger partial charge in [-0.3, -0.25) is 13.9 Å². The van der Waals surface area contributed by atoms with Gasteiger partial charge in [0, 0.05) is 4.88 Å². The van der Waals surface area contributed by atoms with Gasteiger partial charge in [0.05, 0.1) is 18.5 Å². The highest BCUT2D eigenvalue weighted by Crippen LogP contribution is 2.35. The molecule has 0 aliphatic heterocycles. The van der Waals surface area contributed by atoms with E-state index in [4.69, 9.17) is 0 Å². The Balaban J connectivity index is 1.76. The number of hydrogen-bond acceptors (Lipinski definition) is 3. The first-order valence-corrected chi connectivity index (χ1v) is 11.2. The third kappa shape index (κ3) is 3.14. The number of aryl methyl sites for hydroxylation is 4. The first-order chi connectivity index (χ1) is 14.5. The molecule has 1 aliphatic carbocycles. The van der Waals surface area contributed by atoms with Gasteiger partial charge in [-0.2, -0.15) is 0 Å². The van der Waals surface area contributed by atoms with Crippen molar-refractivity contribution in [3.8, 4) is 0 Å². The van der Waals surface area contributed by atoms with Gasteiger partial charge >= 0.3 is 5.69 Å². The summed E-state index contributed by atoms with van der Waals surface area (Å²) in [5.41, 5.74) is 5.21. The molecule has 2 heterocycles. The highest BCUT2D eigenvalue weighted by molar-refractivity contribution is 7.18. The summed E-state index contributed by atoms with van der Waals surface area (Å²) in [7, 11) is 0. The van der Waals surface area contributed by atoms with Gasteiger partial charge in [-0.05, 0) is 55.4 Å². The molecule has 30 heavy (non-hydrogen) atoms. The lowest BCUT2D eigenvalue weighted by molar-refractivity contribution is 0.636. The van der Waals surface area contributed by atoms with Crippen molar-refractivity contribution in [3.63, 3.8) is 0 Å². The Morgan fingerprint density at radius 1 is 0.933 bits per heavy atom. The topological polar surface area (TPSA) is 44.0 Å². The van der Waals surface area contributed by atoms with Gasteiger partial charge in [0.2, 0.25) is 0 Å². The molecule has 1 aliphatic rings. The van der Waals surface area contributed by atoms with Gasteiger partial charge in [-0.25, -0.2) is 4.79 Å². The van der Waals surface area contributed by atoms with Crippen LogP contribution in [0, 0.1) is 13.8 Å². The Morgan fingerprint density at radius 2 is 1.73 bits per heavy atom. The molecule has 4 nitrogen and oxygen atoms in total. The number of rotatable bonds is 4. The summed E-state index contributed by atoms with van der Waals surface area (Å²) < 4.78 is 3.25. The first-order valence-electron chi connectivity index (χ1n) is 10.4. The number of nitrogens with zero attached hydrogens (tertiary/aromatic N) is 2. The van der Waals surface area contributed by atoms with E-state index in [1.54, 1.807) is 11.3 Å². The van der Waals surface area contributed by atoms with Crippen LogP contribution in [0.3, 0.4) is 0 Å². The molecule has 4 aromatic rings. The van der Waals surface area contributed by atoms with Crippen LogP contribution < -0.4 is 11.2 Å². The van der Waals surface area contributed by atoms with Crippen LogP contribution in [-0.2, 0) is 25.9 Å². The second kappa shape index (κ2) is 7.40. The molecular formula is C25H24N2O2S. The van der Waals surface area contributed by atoms with E-state index < -0.39 is 0 Å². The van der Waals surface area contributed by atoms with E-state index >= 15 is 0 Å². The molecule has 0 amide bonds. The summed E-state index contributed by atoms with van der Waals surface area (Å²) in [5, 5.41) is 0.758. The van der Waals surface area contributed by atoms with Crippen molar-refractivity contribution in [1.29, 1.82) is 0 Å². The van der Waals surface area contributed by atoms with Crippen LogP contribution in [0.4, 0.5) is 0 Å². The van der Waals surface area contributed by atoms with Crippen molar-refractivity contribution < 1.29 is 0 Å². The van der Waals surface area contributed by atoms with Crippen molar-refractivity contribution in [2.45, 2.75) is 46.2 Å². The lowest BCUT2D eigenvalue weighted by Crippen LogP contribution is -2.40. The van der Waals surface area contributed by atoms with Crippen molar-refractivity contribution in [3.05, 3.63) is 102 Å². The fourth-order valence-corrected chi connectivity index (χ4v) is 5.81. The molecule has 2 aromatic carbocycles. The molecular weight excluding hydrogens is 392 g/mol. The zero-order valence-corrected chi connectivity index (χ0v) is 18.1.